The second-order valence-electron chi connectivity index (χ2n) is 6.69. The molecule has 0 radical (unpaired) electrons. The van der Waals surface area contributed by atoms with Crippen LogP contribution in [-0.2, 0) is 14.4 Å². The van der Waals surface area contributed by atoms with Crippen LogP contribution in [0.5, 0.6) is 0 Å². The summed E-state index contributed by atoms with van der Waals surface area (Å²) in [6.07, 6.45) is 5.00. The quantitative estimate of drug-likeness (QED) is 0.640. The Hall–Kier alpha value is -0.990. The molecule has 0 aromatic rings. The van der Waals surface area contributed by atoms with Crippen LogP contribution in [0.3, 0.4) is 0 Å². The molecule has 150 valence electrons. The van der Waals surface area contributed by atoms with Crippen LogP contribution in [0.1, 0.15) is 32.1 Å². The van der Waals surface area contributed by atoms with E-state index in [1.54, 1.807) is 4.90 Å². The van der Waals surface area contributed by atoms with E-state index in [1.807, 2.05) is 4.90 Å². The van der Waals surface area contributed by atoms with Crippen LogP contribution in [0.4, 0.5) is 0 Å². The molecule has 7 nitrogen and oxygen atoms in total. The van der Waals surface area contributed by atoms with E-state index in [-0.39, 0.29) is 36.0 Å². The summed E-state index contributed by atoms with van der Waals surface area (Å²) in [6, 6.07) is 0. The maximum absolute atomic E-state index is 12.4. The van der Waals surface area contributed by atoms with Crippen molar-refractivity contribution in [3.8, 4) is 0 Å². The monoisotopic (exact) mass is 406 g/mol. The third-order valence-electron chi connectivity index (χ3n) is 4.75. The molecule has 1 unspecified atom stereocenters. The first kappa shape index (κ1) is 23.0. The van der Waals surface area contributed by atoms with Gasteiger partial charge in [0, 0.05) is 39.3 Å². The SMILES string of the molecule is Cl.NCCNC(=O)C1CCCN(C(=O)CSCC(=O)N2CCCCC2)C1. The van der Waals surface area contributed by atoms with Crippen molar-refractivity contribution in [1.29, 1.82) is 0 Å². The van der Waals surface area contributed by atoms with Gasteiger partial charge in [-0.15, -0.1) is 24.2 Å². The summed E-state index contributed by atoms with van der Waals surface area (Å²) in [6.45, 7) is 3.74. The zero-order valence-electron chi connectivity index (χ0n) is 15.3. The summed E-state index contributed by atoms with van der Waals surface area (Å²) in [5.74, 6) is 0.652. The van der Waals surface area contributed by atoms with Crippen molar-refractivity contribution in [3.63, 3.8) is 0 Å². The maximum Gasteiger partial charge on any atom is 0.232 e. The van der Waals surface area contributed by atoms with Gasteiger partial charge in [-0.3, -0.25) is 14.4 Å². The van der Waals surface area contributed by atoms with Crippen molar-refractivity contribution >= 4 is 41.9 Å². The van der Waals surface area contributed by atoms with E-state index in [0.717, 1.165) is 38.8 Å². The molecule has 0 aliphatic carbocycles. The van der Waals surface area contributed by atoms with Gasteiger partial charge in [0.05, 0.1) is 17.4 Å². The molecular formula is C17H31ClN4O3S. The van der Waals surface area contributed by atoms with Gasteiger partial charge in [-0.1, -0.05) is 0 Å². The Labute approximate surface area is 166 Å². The van der Waals surface area contributed by atoms with Gasteiger partial charge < -0.3 is 20.9 Å². The molecule has 0 aromatic heterocycles. The minimum atomic E-state index is -0.149. The molecule has 2 heterocycles. The van der Waals surface area contributed by atoms with Gasteiger partial charge in [-0.2, -0.15) is 0 Å². The van der Waals surface area contributed by atoms with E-state index in [2.05, 4.69) is 5.32 Å². The first-order chi connectivity index (χ1) is 12.1. The van der Waals surface area contributed by atoms with Crippen molar-refractivity contribution in [3.05, 3.63) is 0 Å². The number of carbonyl (C=O) groups excluding carboxylic acids is 3. The molecular weight excluding hydrogens is 376 g/mol. The smallest absolute Gasteiger partial charge is 0.232 e. The molecule has 2 saturated heterocycles. The molecule has 0 bridgehead atoms. The molecule has 0 spiro atoms. The summed E-state index contributed by atoms with van der Waals surface area (Å²) < 4.78 is 0. The summed E-state index contributed by atoms with van der Waals surface area (Å²) in [5.41, 5.74) is 5.40. The summed E-state index contributed by atoms with van der Waals surface area (Å²) in [5, 5.41) is 2.80. The van der Waals surface area contributed by atoms with E-state index in [0.29, 0.717) is 37.7 Å². The van der Waals surface area contributed by atoms with Gasteiger partial charge in [-0.05, 0) is 32.1 Å². The largest absolute Gasteiger partial charge is 0.355 e. The number of hydrogen-bond acceptors (Lipinski definition) is 5. The average Bonchev–Trinajstić information content (AvgIpc) is 2.66. The fourth-order valence-corrected chi connectivity index (χ4v) is 4.13. The zero-order chi connectivity index (χ0) is 18.1. The van der Waals surface area contributed by atoms with Gasteiger partial charge in [0.15, 0.2) is 0 Å². The average molecular weight is 407 g/mol. The van der Waals surface area contributed by atoms with Crippen molar-refractivity contribution in [2.45, 2.75) is 32.1 Å². The number of amides is 3. The summed E-state index contributed by atoms with van der Waals surface area (Å²) >= 11 is 1.38. The van der Waals surface area contributed by atoms with Crippen molar-refractivity contribution in [1.82, 2.24) is 15.1 Å². The Balaban J connectivity index is 0.00000338. The standard InChI is InChI=1S/C17H30N4O3S.ClH/c18-6-7-19-17(24)14-5-4-10-21(11-14)16(23)13-25-12-15(22)20-8-2-1-3-9-20;/h14H,1-13,18H2,(H,19,24);1H. The lowest BCUT2D eigenvalue weighted by atomic mass is 9.97. The Morgan fingerprint density at radius 1 is 0.962 bits per heavy atom. The summed E-state index contributed by atoms with van der Waals surface area (Å²) in [4.78, 5) is 40.2. The van der Waals surface area contributed by atoms with E-state index in [1.165, 1.54) is 18.2 Å². The fraction of sp³-hybridized carbons (Fsp3) is 0.824. The molecule has 0 saturated carbocycles. The molecule has 0 aromatic carbocycles. The number of nitrogens with zero attached hydrogens (tertiary/aromatic N) is 2. The number of nitrogens with one attached hydrogen (secondary N) is 1. The van der Waals surface area contributed by atoms with Gasteiger partial charge in [0.25, 0.3) is 0 Å². The van der Waals surface area contributed by atoms with Crippen LogP contribution in [-0.4, -0.2) is 78.3 Å². The third-order valence-corrected chi connectivity index (χ3v) is 5.65. The number of carbonyl (C=O) groups is 3. The molecule has 2 rings (SSSR count). The van der Waals surface area contributed by atoms with Gasteiger partial charge in [0.2, 0.25) is 17.7 Å². The highest BCUT2D eigenvalue weighted by Crippen LogP contribution is 2.18. The van der Waals surface area contributed by atoms with Crippen LogP contribution in [0.15, 0.2) is 0 Å². The number of thioether (sulfide) groups is 1. The van der Waals surface area contributed by atoms with Crippen molar-refractivity contribution in [2.24, 2.45) is 11.7 Å². The number of rotatable bonds is 7. The first-order valence-corrected chi connectivity index (χ1v) is 10.4. The highest BCUT2D eigenvalue weighted by molar-refractivity contribution is 8.00. The molecule has 2 aliphatic heterocycles. The predicted molar refractivity (Wildman–Crippen MR) is 106 cm³/mol. The van der Waals surface area contributed by atoms with Gasteiger partial charge in [-0.25, -0.2) is 0 Å². The molecule has 26 heavy (non-hydrogen) atoms. The second kappa shape index (κ2) is 12.4. The minimum absolute atomic E-state index is 0. The molecule has 2 aliphatic rings. The van der Waals surface area contributed by atoms with E-state index < -0.39 is 0 Å². The number of likely N-dealkylation sites (tertiary alicyclic amines) is 2. The lowest BCUT2D eigenvalue weighted by molar-refractivity contribution is -0.133. The van der Waals surface area contributed by atoms with Crippen molar-refractivity contribution in [2.75, 3.05) is 50.8 Å². The first-order valence-electron chi connectivity index (χ1n) is 9.23. The lowest BCUT2D eigenvalue weighted by Crippen LogP contribution is -2.46. The number of piperidine rings is 2. The zero-order valence-corrected chi connectivity index (χ0v) is 16.9. The topological polar surface area (TPSA) is 95.7 Å². The highest BCUT2D eigenvalue weighted by Gasteiger charge is 2.28. The number of nitrogens with two attached hydrogens (primary N) is 1. The maximum atomic E-state index is 12.4. The highest BCUT2D eigenvalue weighted by atomic mass is 35.5. The molecule has 1 atom stereocenters. The Kier molecular flexibility index (Phi) is 11.0. The lowest BCUT2D eigenvalue weighted by Gasteiger charge is -2.32. The number of halogens is 1. The van der Waals surface area contributed by atoms with Crippen LogP contribution < -0.4 is 11.1 Å². The van der Waals surface area contributed by atoms with Crippen LogP contribution >= 0.6 is 24.2 Å². The minimum Gasteiger partial charge on any atom is -0.355 e. The van der Waals surface area contributed by atoms with Gasteiger partial charge in [0.1, 0.15) is 0 Å². The molecule has 3 amide bonds. The van der Waals surface area contributed by atoms with Crippen LogP contribution in [0.2, 0.25) is 0 Å². The molecule has 9 heteroatoms. The van der Waals surface area contributed by atoms with E-state index >= 15 is 0 Å². The van der Waals surface area contributed by atoms with Crippen LogP contribution in [0.25, 0.3) is 0 Å². The van der Waals surface area contributed by atoms with E-state index in [9.17, 15) is 14.4 Å². The molecule has 3 N–H and O–H groups in total. The molecule has 2 fully saturated rings. The predicted octanol–water partition coefficient (Wildman–Crippen LogP) is 0.467. The normalized spacial score (nSPS) is 20.3. The van der Waals surface area contributed by atoms with Crippen LogP contribution in [0, 0.1) is 5.92 Å². The Morgan fingerprint density at radius 2 is 1.58 bits per heavy atom. The van der Waals surface area contributed by atoms with E-state index in [4.69, 9.17) is 5.73 Å². The van der Waals surface area contributed by atoms with Gasteiger partial charge >= 0.3 is 0 Å². The Bertz CT molecular complexity index is 475. The fourth-order valence-electron chi connectivity index (χ4n) is 3.31. The second-order valence-corrected chi connectivity index (χ2v) is 7.68. The Morgan fingerprint density at radius 3 is 2.23 bits per heavy atom. The number of hydrogen-bond donors (Lipinski definition) is 2. The third kappa shape index (κ3) is 7.32. The summed E-state index contributed by atoms with van der Waals surface area (Å²) in [7, 11) is 0. The van der Waals surface area contributed by atoms with Crippen molar-refractivity contribution < 1.29 is 14.4 Å².